The van der Waals surface area contributed by atoms with Gasteiger partial charge in [0, 0.05) is 44.0 Å². The van der Waals surface area contributed by atoms with Crippen LogP contribution in [0, 0.1) is 5.82 Å². The average molecular weight is 554 g/mol. The number of nitrogens with zero attached hydrogens (tertiary/aromatic N) is 3. The van der Waals surface area contributed by atoms with Crippen LogP contribution in [0.2, 0.25) is 5.02 Å². The lowest BCUT2D eigenvalue weighted by molar-refractivity contribution is -0.141. The van der Waals surface area contributed by atoms with Crippen LogP contribution < -0.4 is 9.64 Å². The van der Waals surface area contributed by atoms with Gasteiger partial charge in [-0.3, -0.25) is 9.88 Å². The van der Waals surface area contributed by atoms with Gasteiger partial charge in [-0.1, -0.05) is 29.8 Å². The Morgan fingerprint density at radius 3 is 2.42 bits per heavy atom. The lowest BCUT2D eigenvalue weighted by atomic mass is 10.00. The molecule has 2 N–H and O–H groups in total. The van der Waals surface area contributed by atoms with E-state index in [1.54, 1.807) is 31.2 Å². The normalized spacial score (nSPS) is 18.3. The maximum atomic E-state index is 13.7. The zero-order valence-corrected chi connectivity index (χ0v) is 21.3. The van der Waals surface area contributed by atoms with E-state index in [1.807, 2.05) is 11.0 Å². The van der Waals surface area contributed by atoms with Crippen molar-refractivity contribution in [2.45, 2.75) is 31.3 Å². The lowest BCUT2D eigenvalue weighted by Gasteiger charge is -2.44. The monoisotopic (exact) mass is 553 g/mol. The van der Waals surface area contributed by atoms with E-state index < -0.39 is 24.1 Å². The Morgan fingerprint density at radius 2 is 1.82 bits per heavy atom. The van der Waals surface area contributed by atoms with Crippen molar-refractivity contribution >= 4 is 17.3 Å². The first-order valence-corrected chi connectivity index (χ1v) is 12.4. The first-order valence-electron chi connectivity index (χ1n) is 12.1. The molecular formula is C27H28ClF4N3O3. The van der Waals surface area contributed by atoms with Crippen LogP contribution in [-0.4, -0.2) is 59.0 Å². The van der Waals surface area contributed by atoms with Crippen LogP contribution in [0.15, 0.2) is 60.8 Å². The van der Waals surface area contributed by atoms with Crippen molar-refractivity contribution in [1.29, 1.82) is 0 Å². The Kier molecular flexibility index (Phi) is 8.77. The molecule has 1 aromatic heterocycles. The molecule has 1 fully saturated rings. The van der Waals surface area contributed by atoms with Gasteiger partial charge >= 0.3 is 6.18 Å². The predicted octanol–water partition coefficient (Wildman–Crippen LogP) is 5.25. The van der Waals surface area contributed by atoms with Crippen molar-refractivity contribution in [2.24, 2.45) is 0 Å². The number of β-amino-alcohol motifs (C(OH)–C–C–N with tert-alkyl or cyclic N) is 1. The SMILES string of the molecule is C[C@@H](O)COc1ccc(N2CCN(C[C@@H](O)c3ccc(C(F)(F)F)nc3)C[C@H]2c2ccc(F)cc2)c(Cl)c1. The minimum absolute atomic E-state index is 0.128. The first kappa shape index (κ1) is 28.1. The Balaban J connectivity index is 1.52. The molecule has 204 valence electrons. The summed E-state index contributed by atoms with van der Waals surface area (Å²) in [7, 11) is 0. The fraction of sp³-hybridized carbons (Fsp3) is 0.370. The number of hydrogen-bond donors (Lipinski definition) is 2. The molecule has 0 aliphatic carbocycles. The molecule has 0 bridgehead atoms. The number of halogens is 5. The summed E-state index contributed by atoms with van der Waals surface area (Å²) in [4.78, 5) is 7.53. The summed E-state index contributed by atoms with van der Waals surface area (Å²) in [6.07, 6.45) is -5.18. The Bertz CT molecular complexity index is 1210. The number of benzene rings is 2. The highest BCUT2D eigenvalue weighted by atomic mass is 35.5. The van der Waals surface area contributed by atoms with E-state index >= 15 is 0 Å². The third-order valence-electron chi connectivity index (χ3n) is 6.33. The van der Waals surface area contributed by atoms with Gasteiger partial charge in [-0.2, -0.15) is 13.2 Å². The fourth-order valence-electron chi connectivity index (χ4n) is 4.41. The van der Waals surface area contributed by atoms with Gasteiger partial charge in [0.05, 0.1) is 29.0 Å². The summed E-state index contributed by atoms with van der Waals surface area (Å²) < 4.78 is 57.7. The van der Waals surface area contributed by atoms with E-state index in [9.17, 15) is 27.8 Å². The summed E-state index contributed by atoms with van der Waals surface area (Å²) in [6, 6.07) is 13.3. The molecule has 1 saturated heterocycles. The topological polar surface area (TPSA) is 69.1 Å². The molecule has 1 aliphatic heterocycles. The largest absolute Gasteiger partial charge is 0.491 e. The first-order chi connectivity index (χ1) is 18.0. The van der Waals surface area contributed by atoms with Gasteiger partial charge in [0.15, 0.2) is 0 Å². The van der Waals surface area contributed by atoms with Crippen LogP contribution in [-0.2, 0) is 6.18 Å². The highest BCUT2D eigenvalue weighted by Crippen LogP contribution is 2.37. The number of ether oxygens (including phenoxy) is 1. The molecule has 0 radical (unpaired) electrons. The number of aliphatic hydroxyl groups excluding tert-OH is 2. The number of alkyl halides is 3. The van der Waals surface area contributed by atoms with Gasteiger partial charge < -0.3 is 19.8 Å². The summed E-state index contributed by atoms with van der Waals surface area (Å²) in [5, 5.41) is 20.6. The number of piperazine rings is 1. The highest BCUT2D eigenvalue weighted by molar-refractivity contribution is 6.33. The quantitative estimate of drug-likeness (QED) is 0.371. The Hall–Kier alpha value is -2.92. The lowest BCUT2D eigenvalue weighted by Crippen LogP contribution is -2.49. The highest BCUT2D eigenvalue weighted by Gasteiger charge is 2.33. The summed E-state index contributed by atoms with van der Waals surface area (Å²) in [5.41, 5.74) is 0.858. The zero-order valence-electron chi connectivity index (χ0n) is 20.6. The summed E-state index contributed by atoms with van der Waals surface area (Å²) >= 11 is 6.62. The Morgan fingerprint density at radius 1 is 1.08 bits per heavy atom. The van der Waals surface area contributed by atoms with E-state index in [2.05, 4.69) is 9.88 Å². The van der Waals surface area contributed by atoms with Crippen LogP contribution in [0.1, 0.15) is 35.9 Å². The van der Waals surface area contributed by atoms with E-state index in [1.165, 1.54) is 18.2 Å². The number of aromatic nitrogens is 1. The van der Waals surface area contributed by atoms with Gasteiger partial charge in [-0.25, -0.2) is 4.39 Å². The number of anilines is 1. The van der Waals surface area contributed by atoms with Crippen LogP contribution in [0.5, 0.6) is 5.75 Å². The molecular weight excluding hydrogens is 526 g/mol. The molecule has 4 rings (SSSR count). The molecule has 1 aliphatic rings. The number of hydrogen-bond acceptors (Lipinski definition) is 6. The second kappa shape index (κ2) is 11.9. The molecule has 3 atom stereocenters. The molecule has 11 heteroatoms. The molecule has 3 aromatic rings. The fourth-order valence-corrected chi connectivity index (χ4v) is 4.69. The zero-order chi connectivity index (χ0) is 27.4. The molecule has 38 heavy (non-hydrogen) atoms. The molecule has 0 spiro atoms. The second-order valence-electron chi connectivity index (χ2n) is 9.28. The standard InChI is InChI=1S/C27H28ClF4N3O3/c1-17(36)16-38-21-7-8-23(22(28)12-21)35-11-10-34(14-24(35)18-2-5-20(29)6-3-18)15-25(37)19-4-9-26(33-13-19)27(30,31)32/h2-9,12-13,17,24-25,36-37H,10-11,14-16H2,1H3/t17-,24+,25-/m1/s1. The van der Waals surface area contributed by atoms with Crippen molar-refractivity contribution in [2.75, 3.05) is 37.7 Å². The maximum Gasteiger partial charge on any atom is 0.433 e. The van der Waals surface area contributed by atoms with Crippen molar-refractivity contribution in [1.82, 2.24) is 9.88 Å². The molecule has 0 unspecified atom stereocenters. The number of aliphatic hydroxyl groups is 2. The maximum absolute atomic E-state index is 13.7. The smallest absolute Gasteiger partial charge is 0.433 e. The van der Waals surface area contributed by atoms with Crippen molar-refractivity contribution in [3.05, 3.63) is 88.5 Å². The van der Waals surface area contributed by atoms with E-state index in [0.717, 1.165) is 23.5 Å². The Labute approximate surface area is 223 Å². The number of pyridine rings is 1. The van der Waals surface area contributed by atoms with E-state index in [0.29, 0.717) is 30.4 Å². The van der Waals surface area contributed by atoms with Gasteiger partial charge in [0.2, 0.25) is 0 Å². The van der Waals surface area contributed by atoms with Gasteiger partial charge in [-0.15, -0.1) is 0 Å². The van der Waals surface area contributed by atoms with E-state index in [4.69, 9.17) is 16.3 Å². The third kappa shape index (κ3) is 6.93. The number of rotatable bonds is 8. The van der Waals surface area contributed by atoms with Gasteiger partial charge in [0.25, 0.3) is 0 Å². The van der Waals surface area contributed by atoms with Gasteiger partial charge in [0.1, 0.15) is 23.9 Å². The second-order valence-corrected chi connectivity index (χ2v) is 9.69. The minimum Gasteiger partial charge on any atom is -0.491 e. The molecule has 0 saturated carbocycles. The van der Waals surface area contributed by atoms with Crippen LogP contribution in [0.4, 0.5) is 23.2 Å². The third-order valence-corrected chi connectivity index (χ3v) is 6.63. The summed E-state index contributed by atoms with van der Waals surface area (Å²) in [6.45, 7) is 3.44. The predicted molar refractivity (Wildman–Crippen MR) is 136 cm³/mol. The van der Waals surface area contributed by atoms with Gasteiger partial charge in [-0.05, 0) is 42.8 Å². The molecule has 6 nitrogen and oxygen atoms in total. The van der Waals surface area contributed by atoms with E-state index in [-0.39, 0.29) is 30.6 Å². The summed E-state index contributed by atoms with van der Waals surface area (Å²) in [5.74, 6) is 0.153. The van der Waals surface area contributed by atoms with Crippen LogP contribution in [0.25, 0.3) is 0 Å². The molecule has 2 heterocycles. The average Bonchev–Trinajstić information content (AvgIpc) is 2.88. The molecule has 0 amide bonds. The molecule has 2 aromatic carbocycles. The van der Waals surface area contributed by atoms with Crippen LogP contribution >= 0.6 is 11.6 Å². The van der Waals surface area contributed by atoms with Crippen molar-refractivity contribution < 1.29 is 32.5 Å². The van der Waals surface area contributed by atoms with Crippen molar-refractivity contribution in [3.63, 3.8) is 0 Å². The van der Waals surface area contributed by atoms with Crippen molar-refractivity contribution in [3.8, 4) is 5.75 Å². The van der Waals surface area contributed by atoms with Crippen LogP contribution in [0.3, 0.4) is 0 Å². The minimum atomic E-state index is -4.55.